The molecule has 0 unspecified atom stereocenters. The summed E-state index contributed by atoms with van der Waals surface area (Å²) in [5, 5.41) is 3.17. The second-order valence-electron chi connectivity index (χ2n) is 6.54. The summed E-state index contributed by atoms with van der Waals surface area (Å²) in [5.41, 5.74) is -0.0884. The lowest BCUT2D eigenvalue weighted by Gasteiger charge is -2.19. The van der Waals surface area contributed by atoms with E-state index in [2.05, 4.69) is 27.2 Å². The van der Waals surface area contributed by atoms with Crippen LogP contribution in [-0.2, 0) is 6.18 Å². The normalized spacial score (nSPS) is 18.3. The number of nitrogens with one attached hydrogen (secondary N) is 1. The van der Waals surface area contributed by atoms with Crippen molar-refractivity contribution in [2.45, 2.75) is 32.0 Å². The highest BCUT2D eigenvalue weighted by Gasteiger charge is 2.31. The third-order valence-corrected chi connectivity index (χ3v) is 4.73. The molecule has 1 atom stereocenters. The zero-order valence-corrected chi connectivity index (χ0v) is 14.6. The van der Waals surface area contributed by atoms with Gasteiger partial charge < -0.3 is 10.2 Å². The molecule has 3 rings (SSSR count). The predicted molar refractivity (Wildman–Crippen MR) is 91.3 cm³/mol. The molecule has 0 saturated carbocycles. The second kappa shape index (κ2) is 7.19. The largest absolute Gasteiger partial charge is 0.416 e. The first-order chi connectivity index (χ1) is 12.3. The number of anilines is 1. The van der Waals surface area contributed by atoms with Crippen molar-refractivity contribution < 1.29 is 17.6 Å². The molecule has 4 nitrogen and oxygen atoms in total. The number of likely N-dealkylation sites (tertiary alicyclic amines) is 1. The molecule has 1 aromatic carbocycles. The Hall–Kier alpha value is -2.22. The van der Waals surface area contributed by atoms with Crippen LogP contribution in [0.3, 0.4) is 0 Å². The van der Waals surface area contributed by atoms with Crippen LogP contribution in [0, 0.1) is 12.7 Å². The summed E-state index contributed by atoms with van der Waals surface area (Å²) in [5.74, 6) is -0.515. The van der Waals surface area contributed by atoms with Gasteiger partial charge in [-0.25, -0.2) is 14.4 Å². The summed E-state index contributed by atoms with van der Waals surface area (Å²) in [6.45, 7) is 3.46. The lowest BCUT2D eigenvalue weighted by atomic mass is 10.0. The number of halogens is 4. The zero-order valence-electron chi connectivity index (χ0n) is 14.6. The first kappa shape index (κ1) is 18.6. The van der Waals surface area contributed by atoms with E-state index in [9.17, 15) is 17.6 Å². The van der Waals surface area contributed by atoms with Gasteiger partial charge >= 0.3 is 6.18 Å². The van der Waals surface area contributed by atoms with E-state index in [1.54, 1.807) is 6.92 Å². The lowest BCUT2D eigenvalue weighted by molar-refractivity contribution is -0.137. The highest BCUT2D eigenvalue weighted by Crippen LogP contribution is 2.33. The molecule has 1 N–H and O–H groups in total. The van der Waals surface area contributed by atoms with Crippen molar-refractivity contribution in [3.8, 4) is 11.1 Å². The van der Waals surface area contributed by atoms with E-state index >= 15 is 0 Å². The third kappa shape index (κ3) is 3.95. The van der Waals surface area contributed by atoms with Crippen LogP contribution in [-0.4, -0.2) is 41.0 Å². The highest BCUT2D eigenvalue weighted by molar-refractivity contribution is 5.66. The van der Waals surface area contributed by atoms with Crippen LogP contribution in [0.2, 0.25) is 0 Å². The summed E-state index contributed by atoms with van der Waals surface area (Å²) < 4.78 is 52.2. The van der Waals surface area contributed by atoms with E-state index in [4.69, 9.17) is 0 Å². The summed E-state index contributed by atoms with van der Waals surface area (Å²) >= 11 is 0. The maximum absolute atomic E-state index is 14.2. The molecule has 1 aliphatic rings. The van der Waals surface area contributed by atoms with Crippen molar-refractivity contribution in [1.82, 2.24) is 14.9 Å². The minimum Gasteiger partial charge on any atom is -0.353 e. The Bertz CT molecular complexity index is 791. The molecule has 0 radical (unpaired) electrons. The number of hydrogen-bond donors (Lipinski definition) is 1. The van der Waals surface area contributed by atoms with Gasteiger partial charge in [0.05, 0.1) is 11.3 Å². The molecule has 26 heavy (non-hydrogen) atoms. The number of benzene rings is 1. The maximum Gasteiger partial charge on any atom is 0.416 e. The average molecular weight is 368 g/mol. The Balaban J connectivity index is 1.77. The monoisotopic (exact) mass is 368 g/mol. The molecule has 2 aromatic rings. The van der Waals surface area contributed by atoms with Gasteiger partial charge in [-0.2, -0.15) is 13.2 Å². The van der Waals surface area contributed by atoms with E-state index in [1.165, 1.54) is 6.20 Å². The van der Waals surface area contributed by atoms with Crippen LogP contribution in [0.15, 0.2) is 24.4 Å². The topological polar surface area (TPSA) is 41.1 Å². The van der Waals surface area contributed by atoms with Crippen LogP contribution >= 0.6 is 0 Å². The van der Waals surface area contributed by atoms with Gasteiger partial charge in [-0.3, -0.25) is 0 Å². The van der Waals surface area contributed by atoms with Crippen molar-refractivity contribution >= 4 is 5.95 Å². The predicted octanol–water partition coefficient (Wildman–Crippen LogP) is 4.12. The number of aryl methyl sites for hydroxylation is 1. The summed E-state index contributed by atoms with van der Waals surface area (Å²) in [4.78, 5) is 10.8. The maximum atomic E-state index is 14.2. The molecule has 0 aliphatic carbocycles. The van der Waals surface area contributed by atoms with Gasteiger partial charge in [-0.05, 0) is 45.5 Å². The fourth-order valence-corrected chi connectivity index (χ4v) is 3.17. The first-order valence-electron chi connectivity index (χ1n) is 8.40. The van der Waals surface area contributed by atoms with E-state index in [0.717, 1.165) is 31.5 Å². The average Bonchev–Trinajstić information content (AvgIpc) is 2.98. The SMILES string of the molecule is Cc1nc(NC[C@@H]2CCCN2C)ncc1-c1ccc(C(F)(F)F)cc1F. The van der Waals surface area contributed by atoms with Gasteiger partial charge in [-0.15, -0.1) is 0 Å². The van der Waals surface area contributed by atoms with Gasteiger partial charge in [0.2, 0.25) is 5.95 Å². The molecule has 1 saturated heterocycles. The molecule has 1 fully saturated rings. The molecule has 0 amide bonds. The van der Waals surface area contributed by atoms with Crippen molar-refractivity contribution in [3.63, 3.8) is 0 Å². The number of alkyl halides is 3. The van der Waals surface area contributed by atoms with E-state index in [1.807, 2.05) is 0 Å². The molecule has 8 heteroatoms. The molecular weight excluding hydrogens is 348 g/mol. The van der Waals surface area contributed by atoms with Gasteiger partial charge in [-0.1, -0.05) is 6.07 Å². The first-order valence-corrected chi connectivity index (χ1v) is 8.40. The second-order valence-corrected chi connectivity index (χ2v) is 6.54. The molecule has 1 aliphatic heterocycles. The number of rotatable bonds is 4. The highest BCUT2D eigenvalue weighted by atomic mass is 19.4. The Morgan fingerprint density at radius 1 is 1.27 bits per heavy atom. The van der Waals surface area contributed by atoms with Crippen LogP contribution in [0.25, 0.3) is 11.1 Å². The Kier molecular flexibility index (Phi) is 5.13. The van der Waals surface area contributed by atoms with Gasteiger partial charge in [0.1, 0.15) is 5.82 Å². The van der Waals surface area contributed by atoms with Crippen molar-refractivity contribution in [1.29, 1.82) is 0 Å². The standard InChI is InChI=1S/C18H20F4N4/c1-11-15(14-6-5-12(8-16(14)19)18(20,21)22)10-24-17(25-11)23-9-13-4-3-7-26(13)2/h5-6,8,10,13H,3-4,7,9H2,1-2H3,(H,23,24,25)/t13-/m0/s1. The van der Waals surface area contributed by atoms with E-state index < -0.39 is 17.6 Å². The molecule has 1 aromatic heterocycles. The smallest absolute Gasteiger partial charge is 0.353 e. The quantitative estimate of drug-likeness (QED) is 0.825. The summed E-state index contributed by atoms with van der Waals surface area (Å²) in [6, 6.07) is 2.90. The van der Waals surface area contributed by atoms with Crippen LogP contribution in [0.1, 0.15) is 24.1 Å². The van der Waals surface area contributed by atoms with Crippen molar-refractivity contribution in [2.24, 2.45) is 0 Å². The Morgan fingerprint density at radius 3 is 2.62 bits per heavy atom. The fourth-order valence-electron chi connectivity index (χ4n) is 3.17. The van der Waals surface area contributed by atoms with Crippen molar-refractivity contribution in [2.75, 3.05) is 25.5 Å². The fraction of sp³-hybridized carbons (Fsp3) is 0.444. The Labute approximate surface area is 149 Å². The zero-order chi connectivity index (χ0) is 18.9. The number of aromatic nitrogens is 2. The van der Waals surface area contributed by atoms with Crippen LogP contribution in [0.5, 0.6) is 0 Å². The minimum atomic E-state index is -4.58. The number of hydrogen-bond acceptors (Lipinski definition) is 4. The number of nitrogens with zero attached hydrogens (tertiary/aromatic N) is 3. The molecule has 140 valence electrons. The Morgan fingerprint density at radius 2 is 2.04 bits per heavy atom. The van der Waals surface area contributed by atoms with Gasteiger partial charge in [0, 0.05) is 29.9 Å². The molecule has 2 heterocycles. The van der Waals surface area contributed by atoms with Crippen LogP contribution < -0.4 is 5.32 Å². The molecule has 0 bridgehead atoms. The van der Waals surface area contributed by atoms with E-state index in [-0.39, 0.29) is 5.56 Å². The lowest BCUT2D eigenvalue weighted by Crippen LogP contribution is -2.32. The minimum absolute atomic E-state index is 0.0533. The van der Waals surface area contributed by atoms with Gasteiger partial charge in [0.15, 0.2) is 0 Å². The third-order valence-electron chi connectivity index (χ3n) is 4.73. The summed E-state index contributed by atoms with van der Waals surface area (Å²) in [6.07, 6.45) is -0.868. The summed E-state index contributed by atoms with van der Waals surface area (Å²) in [7, 11) is 2.07. The van der Waals surface area contributed by atoms with Gasteiger partial charge in [0.25, 0.3) is 0 Å². The molecule has 0 spiro atoms. The van der Waals surface area contributed by atoms with Crippen molar-refractivity contribution in [3.05, 3.63) is 41.5 Å². The number of likely N-dealkylation sites (N-methyl/N-ethyl adjacent to an activating group) is 1. The molecular formula is C18H20F4N4. The van der Waals surface area contributed by atoms with E-state index in [0.29, 0.717) is 35.9 Å². The van der Waals surface area contributed by atoms with Crippen LogP contribution in [0.4, 0.5) is 23.5 Å².